The van der Waals surface area contributed by atoms with Gasteiger partial charge in [0.25, 0.3) is 0 Å². The molecule has 0 radical (unpaired) electrons. The van der Waals surface area contributed by atoms with Crippen molar-refractivity contribution in [3.63, 3.8) is 0 Å². The number of nitriles is 1. The standard InChI is InChI=1S/C25H33N5O5/c1-13(31)28-20(24(2,3)4)22(33)30-12-16-18(25(16,5)6)19(30)21(32)29-17(9-26)14-8-15(11-27-10-14)23(34)35-7/h8,10-11,16-20H,12H2,1-7H3,(H,28,31)(H,29,32)/t16-,17?,18-,19?,20+/m0/s1. The molecule has 1 saturated heterocycles. The molecule has 1 aliphatic heterocycles. The van der Waals surface area contributed by atoms with E-state index in [-0.39, 0.29) is 34.6 Å². The van der Waals surface area contributed by atoms with E-state index in [2.05, 4.69) is 29.5 Å². The van der Waals surface area contributed by atoms with Gasteiger partial charge in [0, 0.05) is 31.4 Å². The summed E-state index contributed by atoms with van der Waals surface area (Å²) in [6.07, 6.45) is 2.71. The topological polar surface area (TPSA) is 141 Å². The molecule has 1 aliphatic carbocycles. The van der Waals surface area contributed by atoms with Gasteiger partial charge < -0.3 is 20.3 Å². The third-order valence-corrected chi connectivity index (χ3v) is 7.15. The van der Waals surface area contributed by atoms with Gasteiger partial charge in [-0.2, -0.15) is 5.26 Å². The maximum absolute atomic E-state index is 13.6. The van der Waals surface area contributed by atoms with Crippen molar-refractivity contribution in [2.45, 2.75) is 59.7 Å². The Morgan fingerprint density at radius 3 is 2.43 bits per heavy atom. The summed E-state index contributed by atoms with van der Waals surface area (Å²) in [4.78, 5) is 56.3. The summed E-state index contributed by atoms with van der Waals surface area (Å²) < 4.78 is 4.70. The largest absolute Gasteiger partial charge is 0.465 e. The Morgan fingerprint density at radius 2 is 1.89 bits per heavy atom. The lowest BCUT2D eigenvalue weighted by atomic mass is 9.85. The summed E-state index contributed by atoms with van der Waals surface area (Å²) in [5.41, 5.74) is -0.208. The van der Waals surface area contributed by atoms with E-state index < -0.39 is 35.4 Å². The second kappa shape index (κ2) is 9.29. The number of methoxy groups -OCH3 is 1. The first-order chi connectivity index (χ1) is 16.2. The third-order valence-electron chi connectivity index (χ3n) is 7.15. The number of ether oxygens (including phenoxy) is 1. The molecule has 2 N–H and O–H groups in total. The molecule has 0 aromatic carbocycles. The average Bonchev–Trinajstić information content (AvgIpc) is 3.12. The number of likely N-dealkylation sites (tertiary alicyclic amines) is 1. The predicted octanol–water partition coefficient (Wildman–Crippen LogP) is 1.58. The maximum Gasteiger partial charge on any atom is 0.339 e. The monoisotopic (exact) mass is 483 g/mol. The highest BCUT2D eigenvalue weighted by molar-refractivity contribution is 5.94. The minimum Gasteiger partial charge on any atom is -0.465 e. The first-order valence-electron chi connectivity index (χ1n) is 11.5. The van der Waals surface area contributed by atoms with Crippen LogP contribution in [0.5, 0.6) is 0 Å². The zero-order valence-electron chi connectivity index (χ0n) is 21.2. The lowest BCUT2D eigenvalue weighted by molar-refractivity contribution is -0.145. The zero-order valence-corrected chi connectivity index (χ0v) is 21.2. The number of carbonyl (C=O) groups is 4. The fraction of sp³-hybridized carbons (Fsp3) is 0.600. The number of aromatic nitrogens is 1. The summed E-state index contributed by atoms with van der Waals surface area (Å²) >= 11 is 0. The fourth-order valence-electron chi connectivity index (χ4n) is 5.09. The molecular weight excluding hydrogens is 450 g/mol. The summed E-state index contributed by atoms with van der Waals surface area (Å²) in [5.74, 6) is -1.64. The molecule has 1 aromatic heterocycles. The lowest BCUT2D eigenvalue weighted by Crippen LogP contribution is -2.59. The second-order valence-corrected chi connectivity index (χ2v) is 11.0. The highest BCUT2D eigenvalue weighted by atomic mass is 16.5. The number of rotatable bonds is 6. The SMILES string of the molecule is COC(=O)c1cncc(C(C#N)NC(=O)C2[C@@H]3[C@H](CN2C(=O)[C@@H](NC(C)=O)C(C)(C)C)C3(C)C)c1. The summed E-state index contributed by atoms with van der Waals surface area (Å²) in [6, 6.07) is 0.821. The first-order valence-corrected chi connectivity index (χ1v) is 11.5. The van der Waals surface area contributed by atoms with Crippen LogP contribution in [0.2, 0.25) is 0 Å². The maximum atomic E-state index is 13.6. The third kappa shape index (κ3) is 4.99. The van der Waals surface area contributed by atoms with Crippen LogP contribution in [0.15, 0.2) is 18.5 Å². The van der Waals surface area contributed by atoms with Gasteiger partial charge in [0.15, 0.2) is 0 Å². The smallest absolute Gasteiger partial charge is 0.339 e. The predicted molar refractivity (Wildman–Crippen MR) is 125 cm³/mol. The summed E-state index contributed by atoms with van der Waals surface area (Å²) in [5, 5.41) is 15.2. The van der Waals surface area contributed by atoms with Crippen LogP contribution in [0.25, 0.3) is 0 Å². The Hall–Kier alpha value is -3.48. The van der Waals surface area contributed by atoms with Crippen LogP contribution in [0.3, 0.4) is 0 Å². The number of amides is 3. The molecule has 0 spiro atoms. The van der Waals surface area contributed by atoms with E-state index in [4.69, 9.17) is 4.74 Å². The van der Waals surface area contributed by atoms with Crippen molar-refractivity contribution in [3.8, 4) is 6.07 Å². The fourth-order valence-corrected chi connectivity index (χ4v) is 5.09. The summed E-state index contributed by atoms with van der Waals surface area (Å²) in [7, 11) is 1.24. The molecular formula is C25H33N5O5. The van der Waals surface area contributed by atoms with Gasteiger partial charge in [-0.05, 0) is 28.7 Å². The molecule has 2 unspecified atom stereocenters. The van der Waals surface area contributed by atoms with Crippen LogP contribution < -0.4 is 10.6 Å². The number of pyridine rings is 1. The number of hydrogen-bond acceptors (Lipinski definition) is 7. The van der Waals surface area contributed by atoms with E-state index >= 15 is 0 Å². The Balaban J connectivity index is 1.88. The molecule has 2 fully saturated rings. The van der Waals surface area contributed by atoms with E-state index in [0.717, 1.165) is 0 Å². The quantitative estimate of drug-likeness (QED) is 0.585. The summed E-state index contributed by atoms with van der Waals surface area (Å²) in [6.45, 7) is 11.4. The van der Waals surface area contributed by atoms with E-state index in [1.54, 1.807) is 4.90 Å². The second-order valence-electron chi connectivity index (χ2n) is 11.0. The van der Waals surface area contributed by atoms with Crippen molar-refractivity contribution in [1.29, 1.82) is 5.26 Å². The van der Waals surface area contributed by atoms with Gasteiger partial charge in [0.2, 0.25) is 17.7 Å². The first kappa shape index (κ1) is 26.1. The van der Waals surface area contributed by atoms with Gasteiger partial charge in [0.05, 0.1) is 18.7 Å². The molecule has 3 rings (SSSR count). The molecule has 2 aliphatic rings. The van der Waals surface area contributed by atoms with Gasteiger partial charge in [-0.25, -0.2) is 4.79 Å². The van der Waals surface area contributed by atoms with Gasteiger partial charge in [0.1, 0.15) is 18.1 Å². The molecule has 1 aromatic rings. The molecule has 188 valence electrons. The Morgan fingerprint density at radius 1 is 1.23 bits per heavy atom. The van der Waals surface area contributed by atoms with Crippen molar-refractivity contribution < 1.29 is 23.9 Å². The van der Waals surface area contributed by atoms with Crippen molar-refractivity contribution in [3.05, 3.63) is 29.6 Å². The van der Waals surface area contributed by atoms with Gasteiger partial charge in [-0.3, -0.25) is 19.4 Å². The molecule has 2 heterocycles. The van der Waals surface area contributed by atoms with Crippen LogP contribution in [-0.4, -0.2) is 59.3 Å². The highest BCUT2D eigenvalue weighted by Crippen LogP contribution is 2.65. The van der Waals surface area contributed by atoms with Gasteiger partial charge >= 0.3 is 5.97 Å². The lowest BCUT2D eigenvalue weighted by Gasteiger charge is -2.37. The van der Waals surface area contributed by atoms with E-state index in [1.807, 2.05) is 26.8 Å². The van der Waals surface area contributed by atoms with E-state index in [9.17, 15) is 24.4 Å². The van der Waals surface area contributed by atoms with E-state index in [1.165, 1.54) is 32.5 Å². The molecule has 5 atom stereocenters. The molecule has 10 nitrogen and oxygen atoms in total. The molecule has 35 heavy (non-hydrogen) atoms. The minimum absolute atomic E-state index is 0.0664. The van der Waals surface area contributed by atoms with Gasteiger partial charge in [-0.1, -0.05) is 34.6 Å². The molecule has 1 saturated carbocycles. The van der Waals surface area contributed by atoms with Crippen LogP contribution in [0, 0.1) is 34.0 Å². The number of nitrogens with zero attached hydrogens (tertiary/aromatic N) is 3. The zero-order chi connectivity index (χ0) is 26.3. The van der Waals surface area contributed by atoms with Crippen LogP contribution in [0.1, 0.15) is 63.5 Å². The number of nitrogens with one attached hydrogen (secondary N) is 2. The molecule has 3 amide bonds. The Labute approximate surface area is 205 Å². The van der Waals surface area contributed by atoms with Crippen molar-refractivity contribution >= 4 is 23.7 Å². The number of carbonyl (C=O) groups excluding carboxylic acids is 4. The number of piperidine rings is 1. The van der Waals surface area contributed by atoms with Crippen molar-refractivity contribution in [1.82, 2.24) is 20.5 Å². The molecule has 10 heteroatoms. The normalized spacial score (nSPS) is 23.8. The van der Waals surface area contributed by atoms with Gasteiger partial charge in [-0.15, -0.1) is 0 Å². The average molecular weight is 484 g/mol. The number of esters is 1. The van der Waals surface area contributed by atoms with Crippen LogP contribution in [0.4, 0.5) is 0 Å². The van der Waals surface area contributed by atoms with Crippen LogP contribution in [-0.2, 0) is 19.1 Å². The van der Waals surface area contributed by atoms with E-state index in [0.29, 0.717) is 12.1 Å². The number of hydrogen-bond donors (Lipinski definition) is 2. The molecule has 0 bridgehead atoms. The number of fused-ring (bicyclic) bond motifs is 1. The minimum atomic E-state index is -1.08. The Kier molecular flexibility index (Phi) is 6.93. The van der Waals surface area contributed by atoms with Crippen molar-refractivity contribution in [2.24, 2.45) is 22.7 Å². The van der Waals surface area contributed by atoms with Crippen LogP contribution >= 0.6 is 0 Å². The highest BCUT2D eigenvalue weighted by Gasteiger charge is 2.69. The Bertz CT molecular complexity index is 1090. The van der Waals surface area contributed by atoms with Crippen molar-refractivity contribution in [2.75, 3.05) is 13.7 Å².